The van der Waals surface area contributed by atoms with Crippen LogP contribution in [0, 0.1) is 5.82 Å². The zero-order valence-electron chi connectivity index (χ0n) is 11.9. The van der Waals surface area contributed by atoms with Gasteiger partial charge in [-0.25, -0.2) is 4.39 Å². The second-order valence-corrected chi connectivity index (χ2v) is 5.26. The molecular weight excluding hydrogens is 269 g/mol. The van der Waals surface area contributed by atoms with Gasteiger partial charge in [0.1, 0.15) is 18.2 Å². The first kappa shape index (κ1) is 13.9. The number of aliphatic hydroxyl groups is 1. The van der Waals surface area contributed by atoms with Crippen LogP contribution in [0.2, 0.25) is 0 Å². The van der Waals surface area contributed by atoms with Gasteiger partial charge in [0, 0.05) is 23.4 Å². The lowest BCUT2D eigenvalue weighted by atomic mass is 10.1. The smallest absolute Gasteiger partial charge is 0.124 e. The Hall–Kier alpha value is -2.07. The molecule has 1 atom stereocenters. The fraction of sp³-hybridized carbons (Fsp3) is 0.294. The van der Waals surface area contributed by atoms with Gasteiger partial charge in [0.15, 0.2) is 0 Å². The molecule has 0 saturated heterocycles. The van der Waals surface area contributed by atoms with E-state index < -0.39 is 6.10 Å². The van der Waals surface area contributed by atoms with E-state index in [9.17, 15) is 9.50 Å². The fourth-order valence-electron chi connectivity index (χ4n) is 2.68. The van der Waals surface area contributed by atoms with Crippen LogP contribution in [0.1, 0.15) is 24.2 Å². The lowest BCUT2D eigenvalue weighted by Gasteiger charge is -2.26. The Morgan fingerprint density at radius 3 is 2.86 bits per heavy atom. The lowest BCUT2D eigenvalue weighted by Crippen LogP contribution is -2.26. The average Bonchev–Trinajstić information content (AvgIpc) is 2.69. The highest BCUT2D eigenvalue weighted by Gasteiger charge is 2.19. The maximum Gasteiger partial charge on any atom is 0.124 e. The van der Waals surface area contributed by atoms with Crippen LogP contribution in [0.4, 0.5) is 10.1 Å². The summed E-state index contributed by atoms with van der Waals surface area (Å²) in [5, 5.41) is 9.90. The number of ether oxygens (including phenoxy) is 1. The summed E-state index contributed by atoms with van der Waals surface area (Å²) >= 11 is 0. The molecule has 1 heterocycles. The van der Waals surface area contributed by atoms with E-state index in [2.05, 4.69) is 4.90 Å². The molecule has 0 spiro atoms. The molecule has 0 fully saturated rings. The van der Waals surface area contributed by atoms with Gasteiger partial charge in [0.2, 0.25) is 0 Å². The molecule has 2 aromatic carbocycles. The third kappa shape index (κ3) is 2.85. The van der Waals surface area contributed by atoms with E-state index in [-0.39, 0.29) is 5.82 Å². The molecule has 0 aliphatic carbocycles. The molecule has 3 nitrogen and oxygen atoms in total. The van der Waals surface area contributed by atoms with Crippen molar-refractivity contribution >= 4 is 5.69 Å². The van der Waals surface area contributed by atoms with Crippen LogP contribution < -0.4 is 9.64 Å². The normalized spacial score (nSPS) is 15.9. The molecule has 3 rings (SSSR count). The van der Waals surface area contributed by atoms with Crippen LogP contribution in [0.5, 0.6) is 5.75 Å². The number of hydrogen-bond donors (Lipinski definition) is 1. The van der Waals surface area contributed by atoms with E-state index in [1.807, 2.05) is 24.3 Å². The summed E-state index contributed by atoms with van der Waals surface area (Å²) in [6, 6.07) is 12.5. The summed E-state index contributed by atoms with van der Waals surface area (Å²) in [5.41, 5.74) is 2.55. The van der Waals surface area contributed by atoms with E-state index in [0.717, 1.165) is 17.0 Å². The topological polar surface area (TPSA) is 32.7 Å². The molecule has 0 bridgehead atoms. The standard InChI is InChI=1S/C17H18FNO2/c1-12(20)15-10-14(18)6-7-16(15)19-8-9-21-17-5-3-2-4-13(17)11-19/h2-7,10,12,20H,8-9,11H2,1H3/t12-/m1/s1. The molecule has 0 saturated carbocycles. The quantitative estimate of drug-likeness (QED) is 0.920. The van der Waals surface area contributed by atoms with Crippen molar-refractivity contribution in [3.05, 3.63) is 59.4 Å². The minimum Gasteiger partial charge on any atom is -0.491 e. The maximum absolute atomic E-state index is 13.4. The second-order valence-electron chi connectivity index (χ2n) is 5.26. The zero-order chi connectivity index (χ0) is 14.8. The Morgan fingerprint density at radius 1 is 1.24 bits per heavy atom. The van der Waals surface area contributed by atoms with Crippen molar-refractivity contribution in [2.75, 3.05) is 18.1 Å². The second kappa shape index (κ2) is 5.74. The van der Waals surface area contributed by atoms with Crippen LogP contribution in [0.15, 0.2) is 42.5 Å². The highest BCUT2D eigenvalue weighted by atomic mass is 19.1. The van der Waals surface area contributed by atoms with Crippen molar-refractivity contribution in [3.8, 4) is 5.75 Å². The minimum atomic E-state index is -0.713. The van der Waals surface area contributed by atoms with E-state index in [1.54, 1.807) is 13.0 Å². The minimum absolute atomic E-state index is 0.332. The highest BCUT2D eigenvalue weighted by Crippen LogP contribution is 2.31. The van der Waals surface area contributed by atoms with Crippen LogP contribution in [0.25, 0.3) is 0 Å². The number of anilines is 1. The Morgan fingerprint density at radius 2 is 2.05 bits per heavy atom. The number of para-hydroxylation sites is 1. The highest BCUT2D eigenvalue weighted by molar-refractivity contribution is 5.56. The average molecular weight is 287 g/mol. The molecule has 1 N–H and O–H groups in total. The number of halogens is 1. The van der Waals surface area contributed by atoms with Gasteiger partial charge in [-0.3, -0.25) is 0 Å². The van der Waals surface area contributed by atoms with Gasteiger partial charge in [-0.05, 0) is 31.2 Å². The number of hydrogen-bond acceptors (Lipinski definition) is 3. The maximum atomic E-state index is 13.4. The Balaban J connectivity index is 1.98. The van der Waals surface area contributed by atoms with E-state index in [1.165, 1.54) is 12.1 Å². The third-order valence-corrected chi connectivity index (χ3v) is 3.73. The van der Waals surface area contributed by atoms with Crippen molar-refractivity contribution in [2.45, 2.75) is 19.6 Å². The summed E-state index contributed by atoms with van der Waals surface area (Å²) in [6.45, 7) is 3.59. The molecule has 0 radical (unpaired) electrons. The van der Waals surface area contributed by atoms with Crippen molar-refractivity contribution in [1.82, 2.24) is 0 Å². The molecule has 110 valence electrons. The summed E-state index contributed by atoms with van der Waals surface area (Å²) in [5.74, 6) is 0.557. The molecule has 21 heavy (non-hydrogen) atoms. The first-order valence-electron chi connectivity index (χ1n) is 7.08. The van der Waals surface area contributed by atoms with E-state index >= 15 is 0 Å². The number of rotatable bonds is 2. The van der Waals surface area contributed by atoms with Crippen LogP contribution in [-0.2, 0) is 6.54 Å². The molecule has 4 heteroatoms. The van der Waals surface area contributed by atoms with Gasteiger partial charge in [-0.1, -0.05) is 18.2 Å². The van der Waals surface area contributed by atoms with Gasteiger partial charge in [0.25, 0.3) is 0 Å². The zero-order valence-corrected chi connectivity index (χ0v) is 11.9. The summed E-state index contributed by atoms with van der Waals surface area (Å²) in [4.78, 5) is 2.12. The number of nitrogens with zero attached hydrogens (tertiary/aromatic N) is 1. The van der Waals surface area contributed by atoms with Gasteiger partial charge in [0.05, 0.1) is 12.6 Å². The van der Waals surface area contributed by atoms with Gasteiger partial charge < -0.3 is 14.7 Å². The number of aliphatic hydroxyl groups excluding tert-OH is 1. The van der Waals surface area contributed by atoms with Crippen molar-refractivity contribution in [3.63, 3.8) is 0 Å². The predicted molar refractivity (Wildman–Crippen MR) is 80.0 cm³/mol. The van der Waals surface area contributed by atoms with Crippen molar-refractivity contribution in [1.29, 1.82) is 0 Å². The van der Waals surface area contributed by atoms with E-state index in [0.29, 0.717) is 25.3 Å². The number of fused-ring (bicyclic) bond motifs is 1. The Labute approximate surface area is 123 Å². The lowest BCUT2D eigenvalue weighted by molar-refractivity contribution is 0.199. The van der Waals surface area contributed by atoms with Crippen LogP contribution in [0.3, 0.4) is 0 Å². The van der Waals surface area contributed by atoms with Crippen molar-refractivity contribution in [2.24, 2.45) is 0 Å². The first-order valence-corrected chi connectivity index (χ1v) is 7.08. The third-order valence-electron chi connectivity index (χ3n) is 3.73. The Bertz CT molecular complexity index is 642. The first-order chi connectivity index (χ1) is 10.1. The largest absolute Gasteiger partial charge is 0.491 e. The van der Waals surface area contributed by atoms with Crippen LogP contribution in [-0.4, -0.2) is 18.3 Å². The molecule has 2 aromatic rings. The molecular formula is C17H18FNO2. The molecule has 1 aliphatic heterocycles. The van der Waals surface area contributed by atoms with Crippen molar-refractivity contribution < 1.29 is 14.2 Å². The Kier molecular flexibility index (Phi) is 3.80. The molecule has 0 unspecified atom stereocenters. The predicted octanol–water partition coefficient (Wildman–Crippen LogP) is 3.28. The molecule has 0 aromatic heterocycles. The summed E-state index contributed by atoms with van der Waals surface area (Å²) in [6.07, 6.45) is -0.713. The molecule has 0 amide bonds. The molecule has 1 aliphatic rings. The monoisotopic (exact) mass is 287 g/mol. The SMILES string of the molecule is C[C@@H](O)c1cc(F)ccc1N1CCOc2ccccc2C1. The van der Waals surface area contributed by atoms with E-state index in [4.69, 9.17) is 4.74 Å². The number of benzene rings is 2. The summed E-state index contributed by atoms with van der Waals surface area (Å²) < 4.78 is 19.2. The fourth-order valence-corrected chi connectivity index (χ4v) is 2.68. The van der Waals surface area contributed by atoms with Gasteiger partial charge in [-0.2, -0.15) is 0 Å². The van der Waals surface area contributed by atoms with Crippen LogP contribution >= 0.6 is 0 Å². The van der Waals surface area contributed by atoms with Gasteiger partial charge >= 0.3 is 0 Å². The summed E-state index contributed by atoms with van der Waals surface area (Å²) in [7, 11) is 0. The van der Waals surface area contributed by atoms with Gasteiger partial charge in [-0.15, -0.1) is 0 Å².